The maximum Gasteiger partial charge on any atom is 0.204 e. The Bertz CT molecular complexity index is 1300. The van der Waals surface area contributed by atoms with Crippen molar-refractivity contribution in [1.29, 1.82) is 0 Å². The summed E-state index contributed by atoms with van der Waals surface area (Å²) in [6.45, 7) is 3.66. The van der Waals surface area contributed by atoms with Crippen LogP contribution in [0.15, 0.2) is 72.8 Å². The Labute approximate surface area is 203 Å². The van der Waals surface area contributed by atoms with Crippen LogP contribution in [0, 0.1) is 10.6 Å². The van der Waals surface area contributed by atoms with Gasteiger partial charge >= 0.3 is 0 Å². The number of ether oxygens (including phenoxy) is 2. The lowest BCUT2D eigenvalue weighted by Gasteiger charge is -2.18. The molecule has 3 aromatic carbocycles. The van der Waals surface area contributed by atoms with Gasteiger partial charge in [0.25, 0.3) is 0 Å². The first-order valence-electron chi connectivity index (χ1n) is 11.0. The second-order valence-electron chi connectivity index (χ2n) is 7.86. The number of hydrogen-bond acceptors (Lipinski definition) is 5. The highest BCUT2D eigenvalue weighted by molar-refractivity contribution is 7.71. The number of rotatable bonds is 9. The van der Waals surface area contributed by atoms with Gasteiger partial charge in [0.05, 0.1) is 26.1 Å². The van der Waals surface area contributed by atoms with E-state index in [0.717, 1.165) is 22.6 Å². The van der Waals surface area contributed by atoms with E-state index in [1.165, 1.54) is 12.1 Å². The molecule has 0 aliphatic heterocycles. The van der Waals surface area contributed by atoms with E-state index in [1.807, 2.05) is 67.1 Å². The van der Waals surface area contributed by atoms with Crippen LogP contribution >= 0.6 is 12.2 Å². The van der Waals surface area contributed by atoms with E-state index in [0.29, 0.717) is 36.2 Å². The minimum absolute atomic E-state index is 0.297. The van der Waals surface area contributed by atoms with Gasteiger partial charge in [-0.2, -0.15) is 0 Å². The number of hydrogen-bond donors (Lipinski definition) is 0. The number of nitrogens with zero attached hydrogens (tertiary/aromatic N) is 4. The smallest absolute Gasteiger partial charge is 0.204 e. The second kappa shape index (κ2) is 10.6. The van der Waals surface area contributed by atoms with E-state index in [4.69, 9.17) is 26.8 Å². The molecule has 0 saturated carbocycles. The Morgan fingerprint density at radius 2 is 1.74 bits per heavy atom. The molecular weight excluding hydrogens is 451 g/mol. The van der Waals surface area contributed by atoms with Gasteiger partial charge in [0.1, 0.15) is 5.82 Å². The molecule has 4 rings (SSSR count). The van der Waals surface area contributed by atoms with Crippen LogP contribution in [0.5, 0.6) is 11.5 Å². The first kappa shape index (κ1) is 23.7. The predicted octanol–water partition coefficient (Wildman–Crippen LogP) is 5.71. The molecule has 1 heterocycles. The van der Waals surface area contributed by atoms with E-state index in [1.54, 1.807) is 23.9 Å². The molecule has 0 spiro atoms. The number of methoxy groups -OCH3 is 1. The zero-order valence-corrected chi connectivity index (χ0v) is 20.3. The molecule has 8 heteroatoms. The largest absolute Gasteiger partial charge is 0.493 e. The van der Waals surface area contributed by atoms with Gasteiger partial charge in [-0.3, -0.25) is 9.47 Å². The van der Waals surface area contributed by atoms with Crippen molar-refractivity contribution in [2.45, 2.75) is 20.1 Å². The van der Waals surface area contributed by atoms with Crippen LogP contribution in [0.3, 0.4) is 0 Å². The summed E-state index contributed by atoms with van der Waals surface area (Å²) in [4.78, 5) is 2.11. The standard InChI is InChI=1S/C26H27FN4O2S/c1-4-33-23-15-10-19(16-24(23)32-3)17-29(2)18-30-26(34)31(22-13-11-21(27)12-14-22)25(28-30)20-8-6-5-7-9-20/h5-16H,4,17-18H2,1-3H3. The molecule has 0 saturated heterocycles. The Kier molecular flexibility index (Phi) is 7.40. The Morgan fingerprint density at radius 1 is 1.00 bits per heavy atom. The summed E-state index contributed by atoms with van der Waals surface area (Å²) >= 11 is 5.80. The second-order valence-corrected chi connectivity index (χ2v) is 8.22. The van der Waals surface area contributed by atoms with Gasteiger partial charge in [0, 0.05) is 12.1 Å². The van der Waals surface area contributed by atoms with Crippen LogP contribution in [0.25, 0.3) is 17.1 Å². The summed E-state index contributed by atoms with van der Waals surface area (Å²) in [5.41, 5.74) is 2.77. The summed E-state index contributed by atoms with van der Waals surface area (Å²) < 4.78 is 28.8. The molecule has 176 valence electrons. The normalized spacial score (nSPS) is 11.1. The quantitative estimate of drug-likeness (QED) is 0.289. The molecule has 34 heavy (non-hydrogen) atoms. The number of benzene rings is 3. The molecule has 0 bridgehead atoms. The topological polar surface area (TPSA) is 44.5 Å². The molecule has 0 fully saturated rings. The third-order valence-electron chi connectivity index (χ3n) is 5.31. The highest BCUT2D eigenvalue weighted by atomic mass is 32.1. The SMILES string of the molecule is CCOc1ccc(CN(C)Cn2nc(-c3ccccc3)n(-c3ccc(F)cc3)c2=S)cc1OC. The van der Waals surface area contributed by atoms with Gasteiger partial charge in [-0.25, -0.2) is 9.07 Å². The van der Waals surface area contributed by atoms with Crippen molar-refractivity contribution in [3.63, 3.8) is 0 Å². The van der Waals surface area contributed by atoms with Crippen molar-refractivity contribution >= 4 is 12.2 Å². The highest BCUT2D eigenvalue weighted by Crippen LogP contribution is 2.29. The van der Waals surface area contributed by atoms with E-state index < -0.39 is 0 Å². The van der Waals surface area contributed by atoms with Gasteiger partial charge in [-0.1, -0.05) is 36.4 Å². The third kappa shape index (κ3) is 5.18. The summed E-state index contributed by atoms with van der Waals surface area (Å²) in [5.74, 6) is 1.84. The average Bonchev–Trinajstić information content (AvgIpc) is 3.17. The lowest BCUT2D eigenvalue weighted by molar-refractivity contribution is 0.243. The fourth-order valence-electron chi connectivity index (χ4n) is 3.77. The van der Waals surface area contributed by atoms with Gasteiger partial charge in [0.15, 0.2) is 17.3 Å². The molecule has 0 radical (unpaired) electrons. The molecule has 0 unspecified atom stereocenters. The summed E-state index contributed by atoms with van der Waals surface area (Å²) in [6, 6.07) is 22.0. The zero-order valence-electron chi connectivity index (χ0n) is 19.4. The Balaban J connectivity index is 1.63. The molecule has 1 aromatic heterocycles. The lowest BCUT2D eigenvalue weighted by atomic mass is 10.2. The zero-order chi connectivity index (χ0) is 24.1. The fraction of sp³-hybridized carbons (Fsp3) is 0.231. The summed E-state index contributed by atoms with van der Waals surface area (Å²) in [5, 5.41) is 4.83. The molecule has 6 nitrogen and oxygen atoms in total. The third-order valence-corrected chi connectivity index (χ3v) is 5.71. The van der Waals surface area contributed by atoms with Gasteiger partial charge in [-0.15, -0.1) is 5.10 Å². The fourth-order valence-corrected chi connectivity index (χ4v) is 4.06. The highest BCUT2D eigenvalue weighted by Gasteiger charge is 2.16. The Morgan fingerprint density at radius 3 is 2.41 bits per heavy atom. The van der Waals surface area contributed by atoms with Crippen LogP contribution in [-0.4, -0.2) is 40.0 Å². The van der Waals surface area contributed by atoms with Gasteiger partial charge in [0.2, 0.25) is 4.77 Å². The lowest BCUT2D eigenvalue weighted by Crippen LogP contribution is -2.22. The van der Waals surface area contributed by atoms with Crippen molar-refractivity contribution in [1.82, 2.24) is 19.2 Å². The Hall–Kier alpha value is -3.49. The molecule has 0 aliphatic carbocycles. The molecular formula is C26H27FN4O2S. The summed E-state index contributed by atoms with van der Waals surface area (Å²) in [6.07, 6.45) is 0. The van der Waals surface area contributed by atoms with Crippen molar-refractivity contribution < 1.29 is 13.9 Å². The number of halogens is 1. The van der Waals surface area contributed by atoms with E-state index in [-0.39, 0.29) is 5.82 Å². The van der Waals surface area contributed by atoms with Crippen LogP contribution in [0.1, 0.15) is 12.5 Å². The molecule has 0 N–H and O–H groups in total. The first-order chi connectivity index (χ1) is 16.5. The number of aromatic nitrogens is 3. The minimum atomic E-state index is -0.297. The molecule has 4 aromatic rings. The predicted molar refractivity (Wildman–Crippen MR) is 133 cm³/mol. The first-order valence-corrected chi connectivity index (χ1v) is 11.4. The van der Waals surface area contributed by atoms with Crippen LogP contribution in [0.2, 0.25) is 0 Å². The van der Waals surface area contributed by atoms with E-state index in [2.05, 4.69) is 4.90 Å². The maximum atomic E-state index is 13.6. The van der Waals surface area contributed by atoms with Crippen molar-refractivity contribution in [2.75, 3.05) is 20.8 Å². The van der Waals surface area contributed by atoms with Crippen molar-refractivity contribution in [3.8, 4) is 28.6 Å². The molecule has 0 aliphatic rings. The van der Waals surface area contributed by atoms with Crippen molar-refractivity contribution in [3.05, 3.63) is 88.9 Å². The van der Waals surface area contributed by atoms with E-state index in [9.17, 15) is 4.39 Å². The van der Waals surface area contributed by atoms with Crippen LogP contribution in [0.4, 0.5) is 4.39 Å². The average molecular weight is 479 g/mol. The monoisotopic (exact) mass is 478 g/mol. The van der Waals surface area contributed by atoms with Crippen LogP contribution in [-0.2, 0) is 13.2 Å². The summed E-state index contributed by atoms with van der Waals surface area (Å²) in [7, 11) is 3.64. The van der Waals surface area contributed by atoms with Gasteiger partial charge in [-0.05, 0) is 68.2 Å². The molecule has 0 atom stereocenters. The van der Waals surface area contributed by atoms with Crippen molar-refractivity contribution in [2.24, 2.45) is 0 Å². The van der Waals surface area contributed by atoms with Crippen LogP contribution < -0.4 is 9.47 Å². The minimum Gasteiger partial charge on any atom is -0.493 e. The van der Waals surface area contributed by atoms with Gasteiger partial charge < -0.3 is 9.47 Å². The maximum absolute atomic E-state index is 13.6. The van der Waals surface area contributed by atoms with E-state index >= 15 is 0 Å². The molecule has 0 amide bonds.